The Balaban J connectivity index is 1.57. The van der Waals surface area contributed by atoms with Gasteiger partial charge in [-0.15, -0.1) is 0 Å². The van der Waals surface area contributed by atoms with Crippen molar-refractivity contribution in [1.29, 1.82) is 0 Å². The van der Waals surface area contributed by atoms with Crippen LogP contribution >= 0.6 is 15.9 Å². The Hall–Kier alpha value is -3.36. The number of anilines is 2. The minimum atomic E-state index is -0.932. The molecule has 7 nitrogen and oxygen atoms in total. The molecule has 0 bridgehead atoms. The number of carbonyl (C=O) groups is 2. The fourth-order valence-electron chi connectivity index (χ4n) is 4.71. The van der Waals surface area contributed by atoms with Crippen LogP contribution in [0.4, 0.5) is 11.4 Å². The van der Waals surface area contributed by atoms with Gasteiger partial charge in [0.05, 0.1) is 30.6 Å². The molecule has 3 atom stereocenters. The molecule has 3 aromatic rings. The van der Waals surface area contributed by atoms with Crippen LogP contribution in [0.25, 0.3) is 0 Å². The molecular weight excluding hydrogens is 524 g/mol. The number of benzene rings is 3. The first-order valence-corrected chi connectivity index (χ1v) is 12.9. The van der Waals surface area contributed by atoms with Crippen molar-refractivity contribution in [1.82, 2.24) is 0 Å². The summed E-state index contributed by atoms with van der Waals surface area (Å²) in [5, 5.41) is 1.68. The molecule has 0 N–H and O–H groups in total. The second kappa shape index (κ2) is 10.3. The third-order valence-corrected chi connectivity index (χ3v) is 6.81. The Bertz CT molecular complexity index is 1250. The number of ether oxygens (including phenoxy) is 2. The van der Waals surface area contributed by atoms with Crippen molar-refractivity contribution in [2.45, 2.75) is 32.4 Å². The average molecular weight is 551 g/mol. The highest BCUT2D eigenvalue weighted by atomic mass is 79.9. The minimum Gasteiger partial charge on any atom is -0.490 e. The predicted octanol–water partition coefficient (Wildman–Crippen LogP) is 5.69. The zero-order chi connectivity index (χ0) is 25.2. The molecule has 0 aromatic heterocycles. The summed E-state index contributed by atoms with van der Waals surface area (Å²) in [5.41, 5.74) is 2.09. The summed E-state index contributed by atoms with van der Waals surface area (Å²) in [7, 11) is 0. The molecule has 186 valence electrons. The van der Waals surface area contributed by atoms with Crippen molar-refractivity contribution >= 4 is 39.1 Å². The Kier molecular flexibility index (Phi) is 6.98. The van der Waals surface area contributed by atoms with E-state index in [9.17, 15) is 9.59 Å². The third-order valence-electron chi connectivity index (χ3n) is 6.28. The molecule has 0 unspecified atom stereocenters. The number of nitrogens with zero attached hydrogens (tertiary/aromatic N) is 2. The lowest BCUT2D eigenvalue weighted by Crippen LogP contribution is -2.37. The van der Waals surface area contributed by atoms with Crippen LogP contribution in [0.5, 0.6) is 11.5 Å². The molecule has 0 spiro atoms. The van der Waals surface area contributed by atoms with Crippen LogP contribution in [0.15, 0.2) is 77.3 Å². The second-order valence-corrected chi connectivity index (χ2v) is 9.55. The number of hydrogen-bond donors (Lipinski definition) is 0. The van der Waals surface area contributed by atoms with Gasteiger partial charge in [0.2, 0.25) is 5.91 Å². The fraction of sp³-hybridized carbons (Fsp3) is 0.286. The Morgan fingerprint density at radius 3 is 2.31 bits per heavy atom. The number of halogens is 1. The lowest BCUT2D eigenvalue weighted by molar-refractivity contribution is -0.126. The van der Waals surface area contributed by atoms with E-state index in [2.05, 4.69) is 15.9 Å². The maximum absolute atomic E-state index is 13.8. The third kappa shape index (κ3) is 4.35. The topological polar surface area (TPSA) is 68.3 Å². The summed E-state index contributed by atoms with van der Waals surface area (Å²) in [6.07, 6.45) is -0.0596. The first kappa shape index (κ1) is 24.3. The summed E-state index contributed by atoms with van der Waals surface area (Å²) < 4.78 is 12.6. The zero-order valence-electron chi connectivity index (χ0n) is 20.1. The SMILES string of the molecule is CCCOc1ccc([C@@H]2[C@@H]3C(=O)N(c4ccc(Br)cc4)C(=O)[C@H]3ON2c2ccccc2)cc1OCC. The quantitative estimate of drug-likeness (QED) is 0.336. The maximum atomic E-state index is 13.8. The van der Waals surface area contributed by atoms with Gasteiger partial charge in [-0.05, 0) is 67.4 Å². The van der Waals surface area contributed by atoms with Crippen LogP contribution in [0.2, 0.25) is 0 Å². The summed E-state index contributed by atoms with van der Waals surface area (Å²) in [5.74, 6) is -0.141. The molecule has 8 heteroatoms. The summed E-state index contributed by atoms with van der Waals surface area (Å²) in [4.78, 5) is 34.7. The molecule has 0 radical (unpaired) electrons. The van der Waals surface area contributed by atoms with Crippen molar-refractivity contribution in [3.8, 4) is 11.5 Å². The molecule has 36 heavy (non-hydrogen) atoms. The van der Waals surface area contributed by atoms with E-state index in [1.807, 2.05) is 74.5 Å². The number of imide groups is 1. The molecular formula is C28H27BrN2O5. The molecule has 2 aliphatic rings. The molecule has 0 saturated carbocycles. The zero-order valence-corrected chi connectivity index (χ0v) is 21.7. The van der Waals surface area contributed by atoms with Crippen molar-refractivity contribution in [3.63, 3.8) is 0 Å². The molecule has 0 aliphatic carbocycles. The van der Waals surface area contributed by atoms with E-state index < -0.39 is 18.1 Å². The Morgan fingerprint density at radius 1 is 0.861 bits per heavy atom. The smallest absolute Gasteiger partial charge is 0.266 e. The summed E-state index contributed by atoms with van der Waals surface area (Å²) in [6, 6.07) is 21.8. The number of fused-ring (bicyclic) bond motifs is 1. The highest BCUT2D eigenvalue weighted by Gasteiger charge is 2.60. The highest BCUT2D eigenvalue weighted by molar-refractivity contribution is 9.10. The first-order chi connectivity index (χ1) is 17.5. The fourth-order valence-corrected chi connectivity index (χ4v) is 4.97. The van der Waals surface area contributed by atoms with Gasteiger partial charge in [0, 0.05) is 4.47 Å². The number of para-hydroxylation sites is 1. The van der Waals surface area contributed by atoms with Gasteiger partial charge in [0.25, 0.3) is 5.91 Å². The highest BCUT2D eigenvalue weighted by Crippen LogP contribution is 2.48. The second-order valence-electron chi connectivity index (χ2n) is 8.63. The monoisotopic (exact) mass is 550 g/mol. The summed E-state index contributed by atoms with van der Waals surface area (Å²) >= 11 is 3.41. The number of carbonyl (C=O) groups excluding carboxylic acids is 2. The van der Waals surface area contributed by atoms with E-state index >= 15 is 0 Å². The van der Waals surface area contributed by atoms with Gasteiger partial charge in [-0.25, -0.2) is 9.96 Å². The van der Waals surface area contributed by atoms with Crippen LogP contribution in [-0.4, -0.2) is 31.1 Å². The van der Waals surface area contributed by atoms with Gasteiger partial charge in [-0.2, -0.15) is 0 Å². The van der Waals surface area contributed by atoms with Crippen molar-refractivity contribution < 1.29 is 23.9 Å². The van der Waals surface area contributed by atoms with Crippen molar-refractivity contribution in [2.24, 2.45) is 5.92 Å². The van der Waals surface area contributed by atoms with E-state index in [1.165, 1.54) is 4.90 Å². The normalized spacial score (nSPS) is 21.1. The molecule has 2 heterocycles. The van der Waals surface area contributed by atoms with Crippen molar-refractivity contribution in [2.75, 3.05) is 23.2 Å². The Morgan fingerprint density at radius 2 is 1.61 bits per heavy atom. The van der Waals surface area contributed by atoms with Gasteiger partial charge < -0.3 is 9.47 Å². The largest absolute Gasteiger partial charge is 0.490 e. The van der Waals surface area contributed by atoms with Gasteiger partial charge >= 0.3 is 0 Å². The van der Waals surface area contributed by atoms with E-state index in [1.54, 1.807) is 17.2 Å². The molecule has 2 aliphatic heterocycles. The van der Waals surface area contributed by atoms with Crippen molar-refractivity contribution in [3.05, 3.63) is 82.8 Å². The standard InChI is InChI=1S/C28H27BrN2O5/c1-3-16-35-22-15-10-18(17-23(22)34-4-2)25-24-26(36-31(25)21-8-6-5-7-9-21)28(33)30(27(24)32)20-13-11-19(29)12-14-20/h5-15,17,24-26H,3-4,16H2,1-2H3/t24-,25+,26-/m0/s1. The average Bonchev–Trinajstić information content (AvgIpc) is 3.40. The van der Waals surface area contributed by atoms with Gasteiger partial charge in [0.1, 0.15) is 5.92 Å². The van der Waals surface area contributed by atoms with E-state index in [0.717, 1.165) is 22.1 Å². The lowest BCUT2D eigenvalue weighted by atomic mass is 9.90. The minimum absolute atomic E-state index is 0.292. The molecule has 5 rings (SSSR count). The summed E-state index contributed by atoms with van der Waals surface area (Å²) in [6.45, 7) is 5.00. The molecule has 2 amide bonds. The molecule has 3 aromatic carbocycles. The first-order valence-electron chi connectivity index (χ1n) is 12.1. The van der Waals surface area contributed by atoms with Crippen LogP contribution < -0.4 is 19.4 Å². The van der Waals surface area contributed by atoms with Gasteiger partial charge in [-0.3, -0.25) is 14.4 Å². The number of rotatable bonds is 8. The molecule has 2 saturated heterocycles. The number of amides is 2. The lowest BCUT2D eigenvalue weighted by Gasteiger charge is -2.29. The maximum Gasteiger partial charge on any atom is 0.266 e. The number of hydrogen-bond acceptors (Lipinski definition) is 6. The molecule has 2 fully saturated rings. The van der Waals surface area contributed by atoms with Crippen LogP contribution in [0, 0.1) is 5.92 Å². The van der Waals surface area contributed by atoms with Gasteiger partial charge in [-0.1, -0.05) is 47.1 Å². The van der Waals surface area contributed by atoms with E-state index in [0.29, 0.717) is 30.4 Å². The van der Waals surface area contributed by atoms with E-state index in [4.69, 9.17) is 14.3 Å². The van der Waals surface area contributed by atoms with E-state index in [-0.39, 0.29) is 11.8 Å². The Labute approximate surface area is 218 Å². The van der Waals surface area contributed by atoms with Crippen LogP contribution in [0.3, 0.4) is 0 Å². The predicted molar refractivity (Wildman–Crippen MR) is 140 cm³/mol. The number of hydroxylamine groups is 1. The van der Waals surface area contributed by atoms with Crippen LogP contribution in [0.1, 0.15) is 31.9 Å². The van der Waals surface area contributed by atoms with Crippen LogP contribution in [-0.2, 0) is 14.4 Å². The van der Waals surface area contributed by atoms with Gasteiger partial charge in [0.15, 0.2) is 17.6 Å².